The molecule has 0 radical (unpaired) electrons. The lowest BCUT2D eigenvalue weighted by Crippen LogP contribution is -2.41. The first kappa shape index (κ1) is 12.5. The Hall–Kier alpha value is -1.53. The van der Waals surface area contributed by atoms with Gasteiger partial charge in [-0.05, 0) is 18.2 Å². The average Bonchev–Trinajstić information content (AvgIpc) is 2.46. The fraction of sp³-hybridized carbons (Fsp3) is 0.308. The van der Waals surface area contributed by atoms with E-state index in [4.69, 9.17) is 4.74 Å². The van der Waals surface area contributed by atoms with Crippen molar-refractivity contribution in [3.63, 3.8) is 0 Å². The van der Waals surface area contributed by atoms with Gasteiger partial charge in [0.2, 0.25) is 0 Å². The van der Waals surface area contributed by atoms with Gasteiger partial charge < -0.3 is 9.64 Å². The fourth-order valence-corrected chi connectivity index (χ4v) is 2.37. The third-order valence-electron chi connectivity index (χ3n) is 3.02. The molecule has 1 aliphatic rings. The van der Waals surface area contributed by atoms with Gasteiger partial charge in [-0.25, -0.2) is 4.98 Å². The van der Waals surface area contributed by atoms with Gasteiger partial charge >= 0.3 is 0 Å². The molecule has 0 N–H and O–H groups in total. The molecule has 1 amide bonds. The van der Waals surface area contributed by atoms with Crippen LogP contribution in [-0.4, -0.2) is 47.1 Å². The highest BCUT2D eigenvalue weighted by Crippen LogP contribution is 2.17. The molecule has 98 valence electrons. The smallest absolute Gasteiger partial charge is 0.274 e. The molecule has 2 aromatic rings. The van der Waals surface area contributed by atoms with Gasteiger partial charge in [-0.2, -0.15) is 0 Å². The maximum atomic E-state index is 12.3. The summed E-state index contributed by atoms with van der Waals surface area (Å²) < 4.78 is 6.16. The van der Waals surface area contributed by atoms with Crippen molar-refractivity contribution in [2.24, 2.45) is 0 Å². The van der Waals surface area contributed by atoms with Crippen LogP contribution in [0.2, 0.25) is 0 Å². The summed E-state index contributed by atoms with van der Waals surface area (Å²) in [5, 5.41) is 0. The van der Waals surface area contributed by atoms with Crippen LogP contribution in [0.3, 0.4) is 0 Å². The molecule has 0 aliphatic carbocycles. The zero-order valence-corrected chi connectivity index (χ0v) is 11.8. The molecule has 1 saturated heterocycles. The Morgan fingerprint density at radius 1 is 1.26 bits per heavy atom. The van der Waals surface area contributed by atoms with Crippen LogP contribution < -0.4 is 0 Å². The summed E-state index contributed by atoms with van der Waals surface area (Å²) in [6.07, 6.45) is 1.54. The monoisotopic (exact) mass is 321 g/mol. The quantitative estimate of drug-likeness (QED) is 0.804. The molecule has 0 spiro atoms. The number of carbonyl (C=O) groups is 1. The van der Waals surface area contributed by atoms with Crippen LogP contribution in [0.25, 0.3) is 11.0 Å². The molecule has 0 atom stereocenters. The molecule has 6 heteroatoms. The fourth-order valence-electron chi connectivity index (χ4n) is 2.02. The van der Waals surface area contributed by atoms with Crippen molar-refractivity contribution in [2.45, 2.75) is 0 Å². The zero-order valence-electron chi connectivity index (χ0n) is 10.2. The molecule has 5 nitrogen and oxygen atoms in total. The van der Waals surface area contributed by atoms with Crippen molar-refractivity contribution in [1.29, 1.82) is 0 Å². The standard InChI is InChI=1S/C13H12BrN3O2/c14-9-1-2-10-11(7-9)16-12(8-15-10)13(18)17-3-5-19-6-4-17/h1-2,7-8H,3-6H2. The van der Waals surface area contributed by atoms with E-state index < -0.39 is 0 Å². The van der Waals surface area contributed by atoms with Gasteiger partial charge in [-0.3, -0.25) is 9.78 Å². The number of benzene rings is 1. The van der Waals surface area contributed by atoms with Gasteiger partial charge in [0, 0.05) is 17.6 Å². The second kappa shape index (κ2) is 5.22. The maximum Gasteiger partial charge on any atom is 0.274 e. The highest BCUT2D eigenvalue weighted by Gasteiger charge is 2.20. The maximum absolute atomic E-state index is 12.3. The Balaban J connectivity index is 1.93. The van der Waals surface area contributed by atoms with E-state index in [2.05, 4.69) is 25.9 Å². The van der Waals surface area contributed by atoms with Crippen molar-refractivity contribution < 1.29 is 9.53 Å². The van der Waals surface area contributed by atoms with Crippen LogP contribution in [0.15, 0.2) is 28.9 Å². The summed E-state index contributed by atoms with van der Waals surface area (Å²) in [6.45, 7) is 2.38. The van der Waals surface area contributed by atoms with Gasteiger partial charge in [0.05, 0.1) is 30.4 Å². The van der Waals surface area contributed by atoms with Crippen molar-refractivity contribution in [1.82, 2.24) is 14.9 Å². The first-order chi connectivity index (χ1) is 9.24. The average molecular weight is 322 g/mol. The molecule has 1 aromatic heterocycles. The lowest BCUT2D eigenvalue weighted by atomic mass is 10.2. The summed E-state index contributed by atoms with van der Waals surface area (Å²) in [5.41, 5.74) is 1.88. The van der Waals surface area contributed by atoms with Crippen LogP contribution in [0, 0.1) is 0 Å². The van der Waals surface area contributed by atoms with Crippen molar-refractivity contribution in [3.05, 3.63) is 34.6 Å². The number of carbonyl (C=O) groups excluding carboxylic acids is 1. The molecule has 19 heavy (non-hydrogen) atoms. The molecular weight excluding hydrogens is 310 g/mol. The molecule has 3 rings (SSSR count). The van der Waals surface area contributed by atoms with Crippen LogP contribution in [0.5, 0.6) is 0 Å². The third-order valence-corrected chi connectivity index (χ3v) is 3.51. The third kappa shape index (κ3) is 2.59. The van der Waals surface area contributed by atoms with E-state index in [0.29, 0.717) is 37.5 Å². The van der Waals surface area contributed by atoms with E-state index in [0.717, 1.165) is 9.99 Å². The first-order valence-electron chi connectivity index (χ1n) is 6.03. The topological polar surface area (TPSA) is 55.3 Å². The molecule has 0 saturated carbocycles. The number of hydrogen-bond acceptors (Lipinski definition) is 4. The van der Waals surface area contributed by atoms with E-state index in [1.54, 1.807) is 4.90 Å². The number of rotatable bonds is 1. The highest BCUT2D eigenvalue weighted by molar-refractivity contribution is 9.10. The number of amides is 1. The van der Waals surface area contributed by atoms with Gasteiger partial charge in [-0.1, -0.05) is 15.9 Å². The van der Waals surface area contributed by atoms with E-state index in [1.807, 2.05) is 18.2 Å². The van der Waals surface area contributed by atoms with E-state index >= 15 is 0 Å². The Bertz CT molecular complexity index is 626. The van der Waals surface area contributed by atoms with Gasteiger partial charge in [0.15, 0.2) is 0 Å². The van der Waals surface area contributed by atoms with E-state index in [-0.39, 0.29) is 5.91 Å². The van der Waals surface area contributed by atoms with Crippen molar-refractivity contribution >= 4 is 32.9 Å². The largest absolute Gasteiger partial charge is 0.378 e. The van der Waals surface area contributed by atoms with Gasteiger partial charge in [-0.15, -0.1) is 0 Å². The van der Waals surface area contributed by atoms with E-state index in [9.17, 15) is 4.79 Å². The summed E-state index contributed by atoms with van der Waals surface area (Å²) in [6, 6.07) is 5.63. The summed E-state index contributed by atoms with van der Waals surface area (Å²) in [4.78, 5) is 22.7. The number of hydrogen-bond donors (Lipinski definition) is 0. The second-order valence-corrected chi connectivity index (χ2v) is 5.21. The number of morpholine rings is 1. The molecule has 2 heterocycles. The predicted octanol–water partition coefficient (Wildman–Crippen LogP) is 1.86. The predicted molar refractivity (Wildman–Crippen MR) is 74.0 cm³/mol. The van der Waals surface area contributed by atoms with Crippen LogP contribution >= 0.6 is 15.9 Å². The second-order valence-electron chi connectivity index (χ2n) is 4.29. The Kier molecular flexibility index (Phi) is 3.44. The summed E-state index contributed by atoms with van der Waals surface area (Å²) in [5.74, 6) is -0.0855. The SMILES string of the molecule is O=C(c1cnc2ccc(Br)cc2n1)N1CCOCC1. The minimum absolute atomic E-state index is 0.0855. The number of halogens is 1. The number of nitrogens with zero attached hydrogens (tertiary/aromatic N) is 3. The van der Waals surface area contributed by atoms with Crippen LogP contribution in [-0.2, 0) is 4.74 Å². The summed E-state index contributed by atoms with van der Waals surface area (Å²) in [7, 11) is 0. The minimum Gasteiger partial charge on any atom is -0.378 e. The van der Waals surface area contributed by atoms with Gasteiger partial charge in [0.1, 0.15) is 5.69 Å². The number of fused-ring (bicyclic) bond motifs is 1. The van der Waals surface area contributed by atoms with Crippen molar-refractivity contribution in [2.75, 3.05) is 26.3 Å². The number of aromatic nitrogens is 2. The molecule has 1 aliphatic heterocycles. The van der Waals surface area contributed by atoms with Crippen LogP contribution in [0.4, 0.5) is 0 Å². The summed E-state index contributed by atoms with van der Waals surface area (Å²) >= 11 is 3.39. The Morgan fingerprint density at radius 2 is 2.05 bits per heavy atom. The van der Waals surface area contributed by atoms with Crippen molar-refractivity contribution in [3.8, 4) is 0 Å². The van der Waals surface area contributed by atoms with E-state index in [1.165, 1.54) is 6.20 Å². The Labute approximate surface area is 118 Å². The molecule has 1 fully saturated rings. The minimum atomic E-state index is -0.0855. The lowest BCUT2D eigenvalue weighted by molar-refractivity contribution is 0.0299. The molecule has 1 aromatic carbocycles. The first-order valence-corrected chi connectivity index (χ1v) is 6.83. The van der Waals surface area contributed by atoms with Gasteiger partial charge in [0.25, 0.3) is 5.91 Å². The number of ether oxygens (including phenoxy) is 1. The van der Waals surface area contributed by atoms with Crippen LogP contribution in [0.1, 0.15) is 10.5 Å². The molecule has 0 unspecified atom stereocenters. The highest BCUT2D eigenvalue weighted by atomic mass is 79.9. The lowest BCUT2D eigenvalue weighted by Gasteiger charge is -2.26. The molecule has 0 bridgehead atoms. The Morgan fingerprint density at radius 3 is 2.84 bits per heavy atom. The zero-order chi connectivity index (χ0) is 13.2. The normalized spacial score (nSPS) is 15.7. The molecular formula is C13H12BrN3O2.